The number of hydrogen-bond acceptors (Lipinski definition) is 12. The zero-order valence-corrected chi connectivity index (χ0v) is 58.3. The zero-order chi connectivity index (χ0) is 51.2. The van der Waals surface area contributed by atoms with E-state index in [1.165, 1.54) is 121 Å². The molecule has 392 valence electrons. The summed E-state index contributed by atoms with van der Waals surface area (Å²) >= 11 is 4.68. The van der Waals surface area contributed by atoms with E-state index < -0.39 is 23.9 Å². The van der Waals surface area contributed by atoms with Crippen LogP contribution in [-0.4, -0.2) is 120 Å². The fourth-order valence-electron chi connectivity index (χ4n) is 1.58. The minimum absolute atomic E-state index is 0. The van der Waals surface area contributed by atoms with Crippen molar-refractivity contribution < 1.29 is 50.6 Å². The molecule has 4 aromatic rings. The van der Waals surface area contributed by atoms with Crippen molar-refractivity contribution in [2.45, 2.75) is 158 Å². The van der Waals surface area contributed by atoms with Crippen LogP contribution in [0.25, 0.3) is 0 Å². The van der Waals surface area contributed by atoms with E-state index in [-0.39, 0.29) is 126 Å². The van der Waals surface area contributed by atoms with Gasteiger partial charge in [-0.1, -0.05) is 131 Å². The maximum atomic E-state index is 9.96. The van der Waals surface area contributed by atoms with E-state index in [0.29, 0.717) is 0 Å². The van der Waals surface area contributed by atoms with E-state index in [2.05, 4.69) is 111 Å². The largest absolute Gasteiger partial charge is 4.00 e. The number of hydrogen-bond donors (Lipinski definition) is 0. The monoisotopic (exact) mass is 1480 g/mol. The number of rotatable bonds is 12. The Bertz CT molecular complexity index is 1130. The van der Waals surface area contributed by atoms with E-state index in [1.807, 2.05) is 0 Å². The van der Waals surface area contributed by atoms with Gasteiger partial charge in [0.25, 0.3) is 0 Å². The van der Waals surface area contributed by atoms with Crippen molar-refractivity contribution >= 4 is 165 Å². The van der Waals surface area contributed by atoms with Crippen LogP contribution in [-0.2, 0) is 11.0 Å². The average molecular weight is 1470 g/mol. The fraction of sp³-hybridized carbons (Fsp3) is 0.462. The molecule has 0 amide bonds. The van der Waals surface area contributed by atoms with Crippen molar-refractivity contribution in [1.82, 2.24) is 0 Å². The second-order valence-electron chi connectivity index (χ2n) is 11.9. The SMILES string of the molecule is O=C([O-])c1cccs1.O=C([O-])c1cccs1.O=C([O-])c1cccs1.O=C([O-])c1cccs1.[CH2-]CCC.[CH2-]CCC.[CH2-]CCC.[CH2-]CCC.[CH2-]CCC.[CH2-]CCC.[CH2-]CCC.[CH2-]CCC.[O-2].[O-2].[Sn+4].[Sn+4].[Sn+4].[Sn+4]. The number of unbranched alkanes of at least 4 members (excludes halogenated alkanes) is 8. The summed E-state index contributed by atoms with van der Waals surface area (Å²) in [7, 11) is 0. The fourth-order valence-corrected chi connectivity index (χ4v) is 3.81. The van der Waals surface area contributed by atoms with Crippen LogP contribution < -0.4 is 20.4 Å². The molecule has 10 nitrogen and oxygen atoms in total. The Kier molecular flexibility index (Phi) is 154. The molecular formula is C52H84O10S4Sn4. The number of aromatic carboxylic acids is 4. The van der Waals surface area contributed by atoms with Gasteiger partial charge >= 0.3 is 95.6 Å². The molecule has 0 aliphatic carbocycles. The Morgan fingerprint density at radius 1 is 0.329 bits per heavy atom. The normalized spacial score (nSPS) is 7.54. The second kappa shape index (κ2) is 102. The molecule has 70 heavy (non-hydrogen) atoms. The quantitative estimate of drug-likeness (QED) is 0.0979. The van der Waals surface area contributed by atoms with Crippen molar-refractivity contribution in [3.05, 3.63) is 145 Å². The molecule has 0 saturated heterocycles. The molecule has 0 aliphatic rings. The third kappa shape index (κ3) is 113. The molecule has 4 heterocycles. The summed E-state index contributed by atoms with van der Waals surface area (Å²) in [5.74, 6) is -4.39. The summed E-state index contributed by atoms with van der Waals surface area (Å²) < 4.78 is 0. The second-order valence-corrected chi connectivity index (χ2v) is 15.7. The number of carbonyl (C=O) groups is 4. The van der Waals surface area contributed by atoms with Crippen molar-refractivity contribution in [1.29, 1.82) is 0 Å². The van der Waals surface area contributed by atoms with Gasteiger partial charge in [0.05, 0.1) is 23.9 Å². The average Bonchev–Trinajstić information content (AvgIpc) is 4.18. The van der Waals surface area contributed by atoms with Crippen LogP contribution in [0.4, 0.5) is 0 Å². The Morgan fingerprint density at radius 3 is 0.457 bits per heavy atom. The summed E-state index contributed by atoms with van der Waals surface area (Å²) in [6.07, 6.45) is 18.2. The van der Waals surface area contributed by atoms with Gasteiger partial charge in [-0.2, -0.15) is 51.4 Å². The van der Waals surface area contributed by atoms with Gasteiger partial charge in [-0.3, -0.25) is 0 Å². The van der Waals surface area contributed by atoms with Crippen molar-refractivity contribution in [2.24, 2.45) is 0 Å². The maximum Gasteiger partial charge on any atom is 4.00 e. The van der Waals surface area contributed by atoms with E-state index in [4.69, 9.17) is 0 Å². The molecule has 0 aromatic carbocycles. The van der Waals surface area contributed by atoms with Crippen LogP contribution in [0.15, 0.2) is 70.1 Å². The summed E-state index contributed by atoms with van der Waals surface area (Å²) in [6.45, 7) is 45.8. The topological polar surface area (TPSA) is 218 Å². The first-order valence-corrected chi connectivity index (χ1v) is 25.4. The van der Waals surface area contributed by atoms with Crippen molar-refractivity contribution in [2.75, 3.05) is 0 Å². The number of carboxylic acid groups (broad SMARTS) is 4. The Labute approximate surface area is 512 Å². The summed E-state index contributed by atoms with van der Waals surface area (Å²) in [5, 5.41) is 46.6. The smallest absolute Gasteiger partial charge is 2.00 e. The molecule has 4 rings (SSSR count). The van der Waals surface area contributed by atoms with E-state index in [9.17, 15) is 39.6 Å². The molecule has 0 aliphatic heterocycles. The van der Waals surface area contributed by atoms with Gasteiger partial charge < -0.3 is 106 Å². The van der Waals surface area contributed by atoms with Gasteiger partial charge in [0.1, 0.15) is 0 Å². The molecule has 0 atom stereocenters. The van der Waals surface area contributed by atoms with Gasteiger partial charge in [0.2, 0.25) is 0 Å². The van der Waals surface area contributed by atoms with Crippen LogP contribution in [0.5, 0.6) is 0 Å². The van der Waals surface area contributed by atoms with Gasteiger partial charge in [0, 0.05) is 19.5 Å². The number of thiophene rings is 4. The Balaban J connectivity index is -0.0000000411. The van der Waals surface area contributed by atoms with Crippen LogP contribution in [0, 0.1) is 55.4 Å². The Morgan fingerprint density at radius 2 is 0.429 bits per heavy atom. The van der Waals surface area contributed by atoms with Gasteiger partial charge in [-0.05, 0) is 45.8 Å². The first-order chi connectivity index (χ1) is 30.5. The third-order valence-corrected chi connectivity index (χ3v) is 9.12. The first-order valence-electron chi connectivity index (χ1n) is 21.9. The molecule has 0 N–H and O–H groups in total. The van der Waals surface area contributed by atoms with Gasteiger partial charge in [-0.15, -0.1) is 45.3 Å². The minimum atomic E-state index is -1.10. The zero-order valence-electron chi connectivity index (χ0n) is 43.6. The summed E-state index contributed by atoms with van der Waals surface area (Å²) in [4.78, 5) is 41.0. The molecular weight excluding hydrogens is 1390 g/mol. The molecule has 18 heteroatoms. The minimum Gasteiger partial charge on any atom is -2.00 e. The molecule has 0 spiro atoms. The van der Waals surface area contributed by atoms with Crippen molar-refractivity contribution in [3.63, 3.8) is 0 Å². The first kappa shape index (κ1) is 106. The van der Waals surface area contributed by atoms with Crippen LogP contribution in [0.2, 0.25) is 0 Å². The van der Waals surface area contributed by atoms with E-state index in [0.717, 1.165) is 51.4 Å². The molecule has 0 radical (unpaired) electrons. The summed E-state index contributed by atoms with van der Waals surface area (Å²) in [6, 6.07) is 12.8. The molecule has 0 fully saturated rings. The summed E-state index contributed by atoms with van der Waals surface area (Å²) in [5.41, 5.74) is 0. The predicted octanol–water partition coefficient (Wildman–Crippen LogP) is 11.7. The van der Waals surface area contributed by atoms with E-state index >= 15 is 0 Å². The van der Waals surface area contributed by atoms with Crippen LogP contribution in [0.3, 0.4) is 0 Å². The number of carbonyl (C=O) groups excluding carboxylic acids is 4. The maximum absolute atomic E-state index is 9.96. The van der Waals surface area contributed by atoms with Crippen LogP contribution in [0.1, 0.15) is 197 Å². The molecule has 0 saturated carbocycles. The van der Waals surface area contributed by atoms with Gasteiger partial charge in [-0.25, -0.2) is 0 Å². The van der Waals surface area contributed by atoms with Crippen LogP contribution >= 0.6 is 45.3 Å². The standard InChI is InChI=1S/4C5H4O2S.8C4H9.2O.4Sn/c4*6-5(7)4-2-1-3-8-4;8*1-3-4-2;;;;;;/h4*1-3H,(H,6,7);8*1,3-4H2,2H3;;;;;;/q;;;;8*-1;2*-2;4*+4/p-4. The van der Waals surface area contributed by atoms with E-state index in [1.54, 1.807) is 45.8 Å². The Hall–Kier alpha value is -0.205. The third-order valence-electron chi connectivity index (χ3n) is 5.72. The molecule has 0 unspecified atom stereocenters. The van der Waals surface area contributed by atoms with Gasteiger partial charge in [0.15, 0.2) is 0 Å². The number of carboxylic acids is 4. The predicted molar refractivity (Wildman–Crippen MR) is 301 cm³/mol. The van der Waals surface area contributed by atoms with Crippen molar-refractivity contribution in [3.8, 4) is 0 Å². The molecule has 4 aromatic heterocycles. The molecule has 0 bridgehead atoms.